The van der Waals surface area contributed by atoms with E-state index in [1.54, 1.807) is 0 Å². The molecule has 0 atom stereocenters. The average Bonchev–Trinajstić information content (AvgIpc) is 1.65. The van der Waals surface area contributed by atoms with E-state index in [1.807, 2.05) is 0 Å². The number of carbonyl (C=O) groups is 2. The Morgan fingerprint density at radius 2 is 1.50 bits per heavy atom. The second kappa shape index (κ2) is 11.7. The molecule has 1 N–H and O–H groups in total. The molecule has 0 unspecified atom stereocenters. The summed E-state index contributed by atoms with van der Waals surface area (Å²) in [5.41, 5.74) is 0. The Morgan fingerprint density at radius 1 is 1.40 bits per heavy atom. The largest absolute Gasteiger partial charge is 1.00 e. The maximum absolute atomic E-state index is 9.34. The zero-order chi connectivity index (χ0) is 7.86. The van der Waals surface area contributed by atoms with Crippen LogP contribution in [0.3, 0.4) is 0 Å². The molecular weight excluding hydrogens is 151 g/mol. The van der Waals surface area contributed by atoms with Crippen LogP contribution in [0.4, 0.5) is 0 Å². The molecule has 5 nitrogen and oxygen atoms in total. The fourth-order valence-electron chi connectivity index (χ4n) is 0. The number of carbonyl (C=O) groups excluding carboxylic acids is 2. The van der Waals surface area contributed by atoms with Crippen molar-refractivity contribution < 1.29 is 54.4 Å². The number of aliphatic carboxylic acids is 1. The molecule has 0 radical (unpaired) electrons. The van der Waals surface area contributed by atoms with E-state index in [4.69, 9.17) is 15.2 Å². The normalized spacial score (nSPS) is 5.90. The topological polar surface area (TPSA) is 86.7 Å². The maximum Gasteiger partial charge on any atom is 1.00 e. The molecule has 54 valence electrons. The van der Waals surface area contributed by atoms with E-state index in [-0.39, 0.29) is 29.6 Å². The molecule has 0 rings (SSSR count). The van der Waals surface area contributed by atoms with Crippen LogP contribution in [0.2, 0.25) is 0 Å². The zero-order valence-electron chi connectivity index (χ0n) is 6.08. The smallest absolute Gasteiger partial charge is 0.550 e. The van der Waals surface area contributed by atoms with Gasteiger partial charge in [-0.25, -0.2) is 4.79 Å². The van der Waals surface area contributed by atoms with Gasteiger partial charge >= 0.3 is 35.5 Å². The van der Waals surface area contributed by atoms with E-state index < -0.39 is 11.9 Å². The number of hydrogen-bond donors (Lipinski definition) is 1. The van der Waals surface area contributed by atoms with Gasteiger partial charge in [0.2, 0.25) is 0 Å². The van der Waals surface area contributed by atoms with Crippen LogP contribution in [0.25, 0.3) is 0 Å². The molecule has 0 aromatic rings. The zero-order valence-corrected chi connectivity index (χ0v) is 8.08. The van der Waals surface area contributed by atoms with Gasteiger partial charge in [-0.15, -0.1) is 0 Å². The van der Waals surface area contributed by atoms with Crippen LogP contribution in [-0.2, 0) is 14.5 Å². The van der Waals surface area contributed by atoms with Crippen molar-refractivity contribution in [3.8, 4) is 0 Å². The first-order chi connectivity index (χ1) is 4.00. The van der Waals surface area contributed by atoms with Crippen molar-refractivity contribution in [1.82, 2.24) is 0 Å². The van der Waals surface area contributed by atoms with Gasteiger partial charge < -0.3 is 14.8 Å². The molecule has 0 saturated heterocycles. The second-order valence-corrected chi connectivity index (χ2v) is 1.07. The third-order valence-corrected chi connectivity index (χ3v) is 0.129. The Hall–Kier alpha value is -0.100. The van der Waals surface area contributed by atoms with Crippen LogP contribution in [0, 0.1) is 0 Å². The molecule has 0 aliphatic heterocycles. The third-order valence-electron chi connectivity index (χ3n) is 0.129. The van der Waals surface area contributed by atoms with Crippen LogP contribution < -0.4 is 34.7 Å². The van der Waals surface area contributed by atoms with Gasteiger partial charge in [0, 0.05) is 12.9 Å². The number of hydrogen-bond acceptors (Lipinski definition) is 5. The van der Waals surface area contributed by atoms with Gasteiger partial charge in [-0.3, -0.25) is 0 Å². The Kier molecular flexibility index (Phi) is 19.2. The predicted molar refractivity (Wildman–Crippen MR) is 25.1 cm³/mol. The second-order valence-electron chi connectivity index (χ2n) is 1.07. The van der Waals surface area contributed by atoms with E-state index in [2.05, 4.69) is 4.89 Å². The first-order valence-electron chi connectivity index (χ1n) is 2.00. The minimum atomic E-state index is -1.08. The van der Waals surface area contributed by atoms with Crippen LogP contribution >= 0.6 is 0 Å². The fraction of sp³-hybridized carbons (Fsp3) is 0.500. The van der Waals surface area contributed by atoms with Crippen molar-refractivity contribution in [2.75, 3.05) is 0 Å². The summed E-state index contributed by atoms with van der Waals surface area (Å²) in [6.07, 6.45) is 0. The quantitative estimate of drug-likeness (QED) is 0.219. The Morgan fingerprint density at radius 3 is 1.50 bits per heavy atom. The Bertz CT molecular complexity index is 97.8. The van der Waals surface area contributed by atoms with Crippen molar-refractivity contribution >= 4 is 11.9 Å². The summed E-state index contributed by atoms with van der Waals surface area (Å²) in [4.78, 5) is 21.3. The minimum Gasteiger partial charge on any atom is -0.550 e. The maximum atomic E-state index is 9.34. The SMILES string of the molecule is CC(=O)OO.CC(=O)[O-].[Na+]. The van der Waals surface area contributed by atoms with Crippen molar-refractivity contribution in [2.24, 2.45) is 0 Å². The molecule has 0 aromatic heterocycles. The van der Waals surface area contributed by atoms with Crippen LogP contribution in [-0.4, -0.2) is 17.2 Å². The Labute approximate surface area is 80.2 Å². The summed E-state index contributed by atoms with van der Waals surface area (Å²) < 4.78 is 0. The van der Waals surface area contributed by atoms with E-state index in [0.717, 1.165) is 13.8 Å². The summed E-state index contributed by atoms with van der Waals surface area (Å²) in [5, 5.41) is 16.2. The summed E-state index contributed by atoms with van der Waals surface area (Å²) in [7, 11) is 0. The molecule has 10 heavy (non-hydrogen) atoms. The molecule has 0 aromatic carbocycles. The predicted octanol–water partition coefficient (Wildman–Crippen LogP) is -4.22. The molecule has 0 saturated carbocycles. The van der Waals surface area contributed by atoms with Crippen molar-refractivity contribution in [3.63, 3.8) is 0 Å². The van der Waals surface area contributed by atoms with Crippen molar-refractivity contribution in [1.29, 1.82) is 0 Å². The summed E-state index contributed by atoms with van der Waals surface area (Å²) in [5.74, 6) is -1.77. The van der Waals surface area contributed by atoms with E-state index in [1.165, 1.54) is 0 Å². The first-order valence-corrected chi connectivity index (χ1v) is 2.00. The summed E-state index contributed by atoms with van der Waals surface area (Å²) in [6.45, 7) is 2.08. The third kappa shape index (κ3) is 104. The molecule has 0 aliphatic rings. The van der Waals surface area contributed by atoms with E-state index in [9.17, 15) is 4.79 Å². The first kappa shape index (κ1) is 16.5. The molecule has 0 spiro atoms. The van der Waals surface area contributed by atoms with E-state index >= 15 is 0 Å². The molecule has 0 heterocycles. The molecule has 0 fully saturated rings. The fourth-order valence-corrected chi connectivity index (χ4v) is 0. The van der Waals surface area contributed by atoms with Crippen LogP contribution in [0.1, 0.15) is 13.8 Å². The van der Waals surface area contributed by atoms with Crippen molar-refractivity contribution in [3.05, 3.63) is 0 Å². The van der Waals surface area contributed by atoms with Crippen LogP contribution in [0.5, 0.6) is 0 Å². The van der Waals surface area contributed by atoms with Gasteiger partial charge in [0.15, 0.2) is 0 Å². The Balaban J connectivity index is -0.0000000910. The van der Waals surface area contributed by atoms with Crippen molar-refractivity contribution in [2.45, 2.75) is 13.8 Å². The summed E-state index contributed by atoms with van der Waals surface area (Å²) >= 11 is 0. The molecule has 0 bridgehead atoms. The van der Waals surface area contributed by atoms with Gasteiger partial charge in [-0.2, -0.15) is 5.26 Å². The minimum absolute atomic E-state index is 0. The number of rotatable bonds is 0. The molecule has 0 amide bonds. The van der Waals surface area contributed by atoms with Gasteiger partial charge in [-0.1, -0.05) is 0 Å². The molecule has 0 aliphatic carbocycles. The standard InChI is InChI=1S/C2H4O3.C2H4O2.Na/c1-2(3)5-4;1-2(3)4;/h4H,1H3;1H3,(H,3,4);/q;;+1/p-1. The number of carboxylic acid groups (broad SMARTS) is 1. The van der Waals surface area contributed by atoms with Gasteiger partial charge in [-0.05, 0) is 6.92 Å². The van der Waals surface area contributed by atoms with Gasteiger partial charge in [0.1, 0.15) is 0 Å². The summed E-state index contributed by atoms with van der Waals surface area (Å²) in [6, 6.07) is 0. The van der Waals surface area contributed by atoms with E-state index in [0.29, 0.717) is 0 Å². The van der Waals surface area contributed by atoms with Gasteiger partial charge in [0.25, 0.3) is 0 Å². The number of carboxylic acids is 1. The molecule has 6 heteroatoms. The monoisotopic (exact) mass is 158 g/mol. The van der Waals surface area contributed by atoms with Crippen LogP contribution in [0.15, 0.2) is 0 Å². The molecular formula is C4H7NaO5. The van der Waals surface area contributed by atoms with Gasteiger partial charge in [0.05, 0.1) is 0 Å². The average molecular weight is 158 g/mol.